The summed E-state index contributed by atoms with van der Waals surface area (Å²) in [6.45, 7) is 4.06. The van der Waals surface area contributed by atoms with E-state index in [4.69, 9.17) is 16.3 Å². The fourth-order valence-corrected chi connectivity index (χ4v) is 2.42. The molecule has 6 heteroatoms. The van der Waals surface area contributed by atoms with Crippen molar-refractivity contribution in [1.29, 1.82) is 0 Å². The zero-order valence-corrected chi connectivity index (χ0v) is 12.1. The summed E-state index contributed by atoms with van der Waals surface area (Å²) in [6.07, 6.45) is 1.69. The van der Waals surface area contributed by atoms with Crippen LogP contribution in [0.15, 0.2) is 18.3 Å². The Morgan fingerprint density at radius 1 is 1.20 bits per heavy atom. The van der Waals surface area contributed by atoms with E-state index in [-0.39, 0.29) is 5.28 Å². The number of halogens is 1. The number of rotatable bonds is 2. The third-order valence-electron chi connectivity index (χ3n) is 3.42. The summed E-state index contributed by atoms with van der Waals surface area (Å²) in [4.78, 5) is 8.45. The Hall–Kier alpha value is -2.14. The van der Waals surface area contributed by atoms with Crippen LogP contribution in [-0.2, 0) is 0 Å². The molecule has 0 fully saturated rings. The Morgan fingerprint density at radius 3 is 2.75 bits per heavy atom. The number of benzene rings is 1. The maximum Gasteiger partial charge on any atom is 0.224 e. The van der Waals surface area contributed by atoms with Crippen molar-refractivity contribution in [3.8, 4) is 17.0 Å². The van der Waals surface area contributed by atoms with Gasteiger partial charge in [-0.2, -0.15) is 10.1 Å². The Kier molecular flexibility index (Phi) is 3.06. The molecule has 0 saturated heterocycles. The van der Waals surface area contributed by atoms with E-state index in [2.05, 4.69) is 20.2 Å². The molecule has 5 nitrogen and oxygen atoms in total. The first-order chi connectivity index (χ1) is 9.61. The van der Waals surface area contributed by atoms with E-state index in [0.29, 0.717) is 11.3 Å². The van der Waals surface area contributed by atoms with Gasteiger partial charge in [0.1, 0.15) is 5.75 Å². The van der Waals surface area contributed by atoms with Gasteiger partial charge in [0, 0.05) is 5.56 Å². The van der Waals surface area contributed by atoms with Crippen LogP contribution >= 0.6 is 11.6 Å². The van der Waals surface area contributed by atoms with Gasteiger partial charge in [0.2, 0.25) is 5.28 Å². The van der Waals surface area contributed by atoms with Gasteiger partial charge < -0.3 is 4.74 Å². The molecule has 20 heavy (non-hydrogen) atoms. The van der Waals surface area contributed by atoms with Gasteiger partial charge in [0.05, 0.1) is 24.4 Å². The Labute approximate surface area is 121 Å². The molecule has 0 atom stereocenters. The maximum absolute atomic E-state index is 5.99. The number of nitrogens with zero attached hydrogens (tertiary/aromatic N) is 3. The number of methoxy groups -OCH3 is 1. The number of aromatic nitrogens is 4. The number of hydrogen-bond donors (Lipinski definition) is 1. The first kappa shape index (κ1) is 12.9. The first-order valence-electron chi connectivity index (χ1n) is 6.13. The number of nitrogens with one attached hydrogen (secondary N) is 1. The number of hydrogen-bond acceptors (Lipinski definition) is 4. The number of H-pyrrole nitrogens is 1. The van der Waals surface area contributed by atoms with E-state index in [1.165, 1.54) is 0 Å². The highest BCUT2D eigenvalue weighted by Crippen LogP contribution is 2.36. The molecule has 0 aliphatic heterocycles. The van der Waals surface area contributed by atoms with Gasteiger partial charge in [-0.25, -0.2) is 4.98 Å². The van der Waals surface area contributed by atoms with Gasteiger partial charge in [-0.05, 0) is 42.6 Å². The van der Waals surface area contributed by atoms with Gasteiger partial charge in [0.15, 0.2) is 5.65 Å². The highest BCUT2D eigenvalue weighted by atomic mass is 35.5. The fourth-order valence-electron chi connectivity index (χ4n) is 2.25. The van der Waals surface area contributed by atoms with Crippen LogP contribution in [0.2, 0.25) is 5.28 Å². The summed E-state index contributed by atoms with van der Waals surface area (Å²) in [6, 6.07) is 4.02. The number of aromatic amines is 1. The second-order valence-electron chi connectivity index (χ2n) is 4.56. The molecule has 3 rings (SSSR count). The van der Waals surface area contributed by atoms with Gasteiger partial charge >= 0.3 is 0 Å². The summed E-state index contributed by atoms with van der Waals surface area (Å²) < 4.78 is 5.54. The van der Waals surface area contributed by atoms with Crippen LogP contribution in [0.4, 0.5) is 0 Å². The molecule has 0 unspecified atom stereocenters. The molecule has 0 amide bonds. The van der Waals surface area contributed by atoms with Crippen LogP contribution in [-0.4, -0.2) is 27.3 Å². The molecule has 102 valence electrons. The average Bonchev–Trinajstić information content (AvgIpc) is 2.88. The van der Waals surface area contributed by atoms with Crippen molar-refractivity contribution in [2.75, 3.05) is 7.11 Å². The van der Waals surface area contributed by atoms with Crippen LogP contribution in [0, 0.1) is 13.8 Å². The average molecular weight is 289 g/mol. The van der Waals surface area contributed by atoms with Gasteiger partial charge in [-0.15, -0.1) is 0 Å². The van der Waals surface area contributed by atoms with Crippen LogP contribution in [0.1, 0.15) is 11.1 Å². The molecule has 1 aromatic carbocycles. The molecule has 2 aromatic heterocycles. The number of fused-ring (bicyclic) bond motifs is 1. The second kappa shape index (κ2) is 4.76. The number of ether oxygens (including phenoxy) is 1. The Bertz CT molecular complexity index is 797. The van der Waals surface area contributed by atoms with Crippen molar-refractivity contribution in [1.82, 2.24) is 20.2 Å². The van der Waals surface area contributed by atoms with Crippen LogP contribution < -0.4 is 4.74 Å². The lowest BCUT2D eigenvalue weighted by Gasteiger charge is -2.13. The Morgan fingerprint density at radius 2 is 2.00 bits per heavy atom. The van der Waals surface area contributed by atoms with E-state index < -0.39 is 0 Å². The SMILES string of the molecule is COc1c(-c2nc(Cl)nc3[nH]ncc23)ccc(C)c1C. The normalized spacial score (nSPS) is 11.0. The first-order valence-corrected chi connectivity index (χ1v) is 6.50. The molecule has 0 aliphatic carbocycles. The highest BCUT2D eigenvalue weighted by molar-refractivity contribution is 6.28. The molecule has 1 N–H and O–H groups in total. The third kappa shape index (κ3) is 1.91. The Balaban J connectivity index is 2.36. The zero-order valence-electron chi connectivity index (χ0n) is 11.4. The topological polar surface area (TPSA) is 63.7 Å². The van der Waals surface area contributed by atoms with Crippen molar-refractivity contribution < 1.29 is 4.74 Å². The van der Waals surface area contributed by atoms with Gasteiger partial charge in [-0.3, -0.25) is 5.10 Å². The van der Waals surface area contributed by atoms with E-state index in [9.17, 15) is 0 Å². The predicted molar refractivity (Wildman–Crippen MR) is 78.2 cm³/mol. The molecule has 0 radical (unpaired) electrons. The monoisotopic (exact) mass is 288 g/mol. The summed E-state index contributed by atoms with van der Waals surface area (Å²) in [5.74, 6) is 0.794. The summed E-state index contributed by atoms with van der Waals surface area (Å²) in [5, 5.41) is 7.80. The largest absolute Gasteiger partial charge is 0.496 e. The van der Waals surface area contributed by atoms with Crippen LogP contribution in [0.5, 0.6) is 5.75 Å². The molecule has 0 aliphatic rings. The minimum atomic E-state index is 0.178. The van der Waals surface area contributed by atoms with Crippen molar-refractivity contribution in [2.45, 2.75) is 13.8 Å². The van der Waals surface area contributed by atoms with Crippen molar-refractivity contribution in [2.24, 2.45) is 0 Å². The maximum atomic E-state index is 5.99. The standard InChI is InChI=1S/C14H13ClN4O/c1-7-4-5-9(12(20-3)8(7)2)11-10-6-16-19-13(10)18-14(15)17-11/h4-6H,1-3H3,(H,16,17,18,19). The molecule has 0 saturated carbocycles. The van der Waals surface area contributed by atoms with Crippen LogP contribution in [0.25, 0.3) is 22.3 Å². The minimum absolute atomic E-state index is 0.178. The van der Waals surface area contributed by atoms with Crippen LogP contribution in [0.3, 0.4) is 0 Å². The number of aryl methyl sites for hydroxylation is 1. The molecule has 0 bridgehead atoms. The lowest BCUT2D eigenvalue weighted by atomic mass is 10.0. The summed E-state index contributed by atoms with van der Waals surface area (Å²) in [7, 11) is 1.65. The lowest BCUT2D eigenvalue weighted by Crippen LogP contribution is -1.96. The lowest BCUT2D eigenvalue weighted by molar-refractivity contribution is 0.413. The highest BCUT2D eigenvalue weighted by Gasteiger charge is 2.16. The zero-order chi connectivity index (χ0) is 14.3. The molecular weight excluding hydrogens is 276 g/mol. The molecule has 2 heterocycles. The molecule has 3 aromatic rings. The van der Waals surface area contributed by atoms with E-state index in [1.54, 1.807) is 13.3 Å². The fraction of sp³-hybridized carbons (Fsp3) is 0.214. The van der Waals surface area contributed by atoms with Gasteiger partial charge in [-0.1, -0.05) is 6.07 Å². The minimum Gasteiger partial charge on any atom is -0.496 e. The third-order valence-corrected chi connectivity index (χ3v) is 3.59. The van der Waals surface area contributed by atoms with E-state index in [1.807, 2.05) is 26.0 Å². The second-order valence-corrected chi connectivity index (χ2v) is 4.90. The van der Waals surface area contributed by atoms with Crippen molar-refractivity contribution in [3.63, 3.8) is 0 Å². The van der Waals surface area contributed by atoms with E-state index >= 15 is 0 Å². The molecular formula is C14H13ClN4O. The van der Waals surface area contributed by atoms with Crippen molar-refractivity contribution in [3.05, 3.63) is 34.7 Å². The van der Waals surface area contributed by atoms with E-state index in [0.717, 1.165) is 27.8 Å². The van der Waals surface area contributed by atoms with Gasteiger partial charge in [0.25, 0.3) is 0 Å². The summed E-state index contributed by atoms with van der Waals surface area (Å²) in [5.41, 5.74) is 4.45. The smallest absolute Gasteiger partial charge is 0.224 e. The predicted octanol–water partition coefficient (Wildman–Crippen LogP) is 3.30. The molecule has 0 spiro atoms. The summed E-state index contributed by atoms with van der Waals surface area (Å²) >= 11 is 5.99. The quantitative estimate of drug-likeness (QED) is 0.735. The van der Waals surface area contributed by atoms with Crippen molar-refractivity contribution >= 4 is 22.6 Å².